The van der Waals surface area contributed by atoms with Crippen molar-refractivity contribution in [2.24, 2.45) is 7.05 Å². The van der Waals surface area contributed by atoms with Crippen LogP contribution >= 0.6 is 0 Å². The van der Waals surface area contributed by atoms with E-state index in [0.29, 0.717) is 5.69 Å². The zero-order valence-electron chi connectivity index (χ0n) is 8.08. The van der Waals surface area contributed by atoms with Crippen LogP contribution in [0.4, 0.5) is 0 Å². The van der Waals surface area contributed by atoms with Crippen LogP contribution in [0.3, 0.4) is 0 Å². The Hall–Kier alpha value is -2.17. The third-order valence-corrected chi connectivity index (χ3v) is 2.01. The summed E-state index contributed by atoms with van der Waals surface area (Å²) < 4.78 is 1.87. The van der Waals surface area contributed by atoms with Crippen molar-refractivity contribution in [3.63, 3.8) is 0 Å². The van der Waals surface area contributed by atoms with Crippen molar-refractivity contribution in [1.82, 2.24) is 14.5 Å². The SMILES string of the molecule is Cn1ccc(-c2cc(C(=O)O)ncn2)c1. The van der Waals surface area contributed by atoms with Crippen molar-refractivity contribution in [1.29, 1.82) is 0 Å². The number of carbonyl (C=O) groups is 1. The number of carboxylic acid groups (broad SMARTS) is 1. The maximum atomic E-state index is 10.7. The molecular formula is C10H9N3O2. The molecule has 76 valence electrons. The zero-order valence-corrected chi connectivity index (χ0v) is 8.08. The molecule has 0 aliphatic heterocycles. The first-order valence-electron chi connectivity index (χ1n) is 4.34. The number of aromatic carboxylic acids is 1. The highest BCUT2D eigenvalue weighted by molar-refractivity contribution is 5.86. The van der Waals surface area contributed by atoms with Gasteiger partial charge >= 0.3 is 5.97 Å². The van der Waals surface area contributed by atoms with Crippen molar-refractivity contribution in [2.45, 2.75) is 0 Å². The molecule has 0 amide bonds. The molecule has 2 aromatic heterocycles. The monoisotopic (exact) mass is 203 g/mol. The Labute approximate surface area is 86.0 Å². The van der Waals surface area contributed by atoms with Gasteiger partial charge in [-0.3, -0.25) is 0 Å². The molecule has 5 heteroatoms. The Morgan fingerprint density at radius 1 is 1.47 bits per heavy atom. The fourth-order valence-electron chi connectivity index (χ4n) is 1.29. The molecule has 0 aliphatic carbocycles. The summed E-state index contributed by atoms with van der Waals surface area (Å²) in [5.41, 5.74) is 1.49. The first kappa shape index (κ1) is 9.39. The summed E-state index contributed by atoms with van der Waals surface area (Å²) in [5.74, 6) is -1.05. The Morgan fingerprint density at radius 3 is 2.87 bits per heavy atom. The van der Waals surface area contributed by atoms with Gasteiger partial charge < -0.3 is 9.67 Å². The van der Waals surface area contributed by atoms with Crippen LogP contribution < -0.4 is 0 Å². The number of hydrogen-bond acceptors (Lipinski definition) is 3. The van der Waals surface area contributed by atoms with E-state index in [1.165, 1.54) is 12.4 Å². The molecule has 2 rings (SSSR count). The summed E-state index contributed by atoms with van der Waals surface area (Å²) in [7, 11) is 1.89. The van der Waals surface area contributed by atoms with Gasteiger partial charge in [0.2, 0.25) is 0 Å². The fourth-order valence-corrected chi connectivity index (χ4v) is 1.29. The lowest BCUT2D eigenvalue weighted by molar-refractivity contribution is 0.0690. The normalized spacial score (nSPS) is 10.2. The maximum absolute atomic E-state index is 10.7. The third-order valence-electron chi connectivity index (χ3n) is 2.01. The van der Waals surface area contributed by atoms with E-state index in [0.717, 1.165) is 5.56 Å². The van der Waals surface area contributed by atoms with Gasteiger partial charge in [-0.1, -0.05) is 0 Å². The Balaban J connectivity index is 2.45. The van der Waals surface area contributed by atoms with E-state index in [1.54, 1.807) is 0 Å². The molecule has 2 heterocycles. The molecule has 0 saturated carbocycles. The predicted octanol–water partition coefficient (Wildman–Crippen LogP) is 1.18. The zero-order chi connectivity index (χ0) is 10.8. The molecule has 15 heavy (non-hydrogen) atoms. The van der Waals surface area contributed by atoms with E-state index in [-0.39, 0.29) is 5.69 Å². The van der Waals surface area contributed by atoms with Crippen LogP contribution in [-0.2, 0) is 7.05 Å². The van der Waals surface area contributed by atoms with E-state index in [9.17, 15) is 4.79 Å². The summed E-state index contributed by atoms with van der Waals surface area (Å²) in [5, 5.41) is 8.77. The third kappa shape index (κ3) is 1.85. The van der Waals surface area contributed by atoms with Crippen molar-refractivity contribution >= 4 is 5.97 Å². The molecule has 0 saturated heterocycles. The van der Waals surface area contributed by atoms with Crippen molar-refractivity contribution in [2.75, 3.05) is 0 Å². The van der Waals surface area contributed by atoms with E-state index in [2.05, 4.69) is 9.97 Å². The predicted molar refractivity (Wildman–Crippen MR) is 53.4 cm³/mol. The molecule has 0 fully saturated rings. The molecule has 0 aromatic carbocycles. The van der Waals surface area contributed by atoms with Gasteiger partial charge in [0.25, 0.3) is 0 Å². The van der Waals surface area contributed by atoms with E-state index in [4.69, 9.17) is 5.11 Å². The summed E-state index contributed by atoms with van der Waals surface area (Å²) in [6, 6.07) is 3.33. The van der Waals surface area contributed by atoms with E-state index in [1.807, 2.05) is 30.1 Å². The van der Waals surface area contributed by atoms with Crippen LogP contribution in [0.5, 0.6) is 0 Å². The highest BCUT2D eigenvalue weighted by atomic mass is 16.4. The Kier molecular flexibility index (Phi) is 2.21. The topological polar surface area (TPSA) is 68.0 Å². The molecule has 0 unspecified atom stereocenters. The fraction of sp³-hybridized carbons (Fsp3) is 0.100. The van der Waals surface area contributed by atoms with Crippen molar-refractivity contribution in [3.05, 3.63) is 36.5 Å². The summed E-state index contributed by atoms with van der Waals surface area (Å²) >= 11 is 0. The standard InChI is InChI=1S/C10H9N3O2/c1-13-3-2-7(5-13)8-4-9(10(14)15)12-6-11-8/h2-6H,1H3,(H,14,15). The molecule has 0 atom stereocenters. The smallest absolute Gasteiger partial charge is 0.354 e. The minimum atomic E-state index is -1.05. The average molecular weight is 203 g/mol. The van der Waals surface area contributed by atoms with Crippen LogP contribution in [0.25, 0.3) is 11.3 Å². The van der Waals surface area contributed by atoms with Crippen LogP contribution in [0.1, 0.15) is 10.5 Å². The second-order valence-electron chi connectivity index (χ2n) is 3.16. The molecular weight excluding hydrogens is 194 g/mol. The molecule has 0 spiro atoms. The number of aryl methyl sites for hydroxylation is 1. The van der Waals surface area contributed by atoms with E-state index < -0.39 is 5.97 Å². The van der Waals surface area contributed by atoms with Gasteiger partial charge in [-0.2, -0.15) is 0 Å². The van der Waals surface area contributed by atoms with Crippen molar-refractivity contribution in [3.8, 4) is 11.3 Å². The second-order valence-corrected chi connectivity index (χ2v) is 3.16. The molecule has 2 aromatic rings. The van der Waals surface area contributed by atoms with Crippen LogP contribution in [0, 0.1) is 0 Å². The lowest BCUT2D eigenvalue weighted by Crippen LogP contribution is -2.00. The van der Waals surface area contributed by atoms with E-state index >= 15 is 0 Å². The number of aromatic nitrogens is 3. The van der Waals surface area contributed by atoms with Gasteiger partial charge in [0.1, 0.15) is 6.33 Å². The number of nitrogens with zero attached hydrogens (tertiary/aromatic N) is 3. The van der Waals surface area contributed by atoms with Gasteiger partial charge in [0.15, 0.2) is 5.69 Å². The first-order valence-corrected chi connectivity index (χ1v) is 4.34. The van der Waals surface area contributed by atoms with Crippen LogP contribution in [0.15, 0.2) is 30.9 Å². The van der Waals surface area contributed by atoms with Gasteiger partial charge in [0, 0.05) is 25.0 Å². The summed E-state index contributed by atoms with van der Waals surface area (Å²) in [4.78, 5) is 18.4. The minimum absolute atomic E-state index is 0.00357. The van der Waals surface area contributed by atoms with Gasteiger partial charge in [-0.05, 0) is 12.1 Å². The Morgan fingerprint density at radius 2 is 2.27 bits per heavy atom. The summed E-state index contributed by atoms with van der Waals surface area (Å²) in [6.45, 7) is 0. The minimum Gasteiger partial charge on any atom is -0.477 e. The number of rotatable bonds is 2. The molecule has 1 N–H and O–H groups in total. The molecule has 0 aliphatic rings. The number of carboxylic acids is 1. The molecule has 0 bridgehead atoms. The number of hydrogen-bond donors (Lipinski definition) is 1. The highest BCUT2D eigenvalue weighted by Gasteiger charge is 2.07. The van der Waals surface area contributed by atoms with Crippen molar-refractivity contribution < 1.29 is 9.90 Å². The first-order chi connectivity index (χ1) is 7.16. The lowest BCUT2D eigenvalue weighted by atomic mass is 10.2. The quantitative estimate of drug-likeness (QED) is 0.795. The van der Waals surface area contributed by atoms with Gasteiger partial charge in [-0.15, -0.1) is 0 Å². The molecule has 5 nitrogen and oxygen atoms in total. The summed E-state index contributed by atoms with van der Waals surface area (Å²) in [6.07, 6.45) is 5.00. The largest absolute Gasteiger partial charge is 0.477 e. The maximum Gasteiger partial charge on any atom is 0.354 e. The lowest BCUT2D eigenvalue weighted by Gasteiger charge is -1.97. The van der Waals surface area contributed by atoms with Gasteiger partial charge in [0.05, 0.1) is 5.69 Å². The highest BCUT2D eigenvalue weighted by Crippen LogP contribution is 2.16. The van der Waals surface area contributed by atoms with Crippen LogP contribution in [0.2, 0.25) is 0 Å². The Bertz CT molecular complexity index is 505. The second kappa shape index (κ2) is 3.53. The molecule has 0 radical (unpaired) electrons. The van der Waals surface area contributed by atoms with Gasteiger partial charge in [-0.25, -0.2) is 14.8 Å². The van der Waals surface area contributed by atoms with Crippen LogP contribution in [-0.4, -0.2) is 25.6 Å². The average Bonchev–Trinajstić information content (AvgIpc) is 2.65.